The molecule has 29 heavy (non-hydrogen) atoms. The maximum atomic E-state index is 12.8. The van der Waals surface area contributed by atoms with Crippen molar-refractivity contribution in [2.45, 2.75) is 51.1 Å². The number of rotatable bonds is 7. The highest BCUT2D eigenvalue weighted by molar-refractivity contribution is 5.98. The van der Waals surface area contributed by atoms with Crippen molar-refractivity contribution in [3.05, 3.63) is 29.8 Å². The molecule has 3 rings (SSSR count). The Balaban J connectivity index is 1.64. The third-order valence-electron chi connectivity index (χ3n) is 5.62. The van der Waals surface area contributed by atoms with Crippen LogP contribution in [0.25, 0.3) is 0 Å². The largest absolute Gasteiger partial charge is 0.378 e. The molecule has 0 unspecified atom stereocenters. The maximum absolute atomic E-state index is 12.8. The molecule has 7 nitrogen and oxygen atoms in total. The smallest absolute Gasteiger partial charge is 0.251 e. The molecule has 2 N–H and O–H groups in total. The van der Waals surface area contributed by atoms with Crippen molar-refractivity contribution in [2.24, 2.45) is 5.92 Å². The molecular weight excluding hydrogens is 368 g/mol. The van der Waals surface area contributed by atoms with Crippen LogP contribution in [0.4, 0.5) is 5.69 Å². The zero-order valence-corrected chi connectivity index (χ0v) is 17.2. The van der Waals surface area contributed by atoms with Crippen molar-refractivity contribution in [1.82, 2.24) is 10.6 Å². The van der Waals surface area contributed by atoms with Crippen molar-refractivity contribution in [3.8, 4) is 6.07 Å². The van der Waals surface area contributed by atoms with Crippen LogP contribution in [0.1, 0.15) is 49.9 Å². The fourth-order valence-electron chi connectivity index (χ4n) is 3.71. The minimum absolute atomic E-state index is 0.231. The highest BCUT2D eigenvalue weighted by Crippen LogP contribution is 2.31. The summed E-state index contributed by atoms with van der Waals surface area (Å²) >= 11 is 0. The Kier molecular flexibility index (Phi) is 6.75. The van der Waals surface area contributed by atoms with Gasteiger partial charge in [0.1, 0.15) is 11.6 Å². The van der Waals surface area contributed by atoms with Crippen LogP contribution in [0.15, 0.2) is 24.3 Å². The summed E-state index contributed by atoms with van der Waals surface area (Å²) in [5.74, 6) is -0.327. The summed E-state index contributed by atoms with van der Waals surface area (Å²) in [5.41, 5.74) is 0.807. The number of anilines is 1. The van der Waals surface area contributed by atoms with Crippen LogP contribution in [0.5, 0.6) is 0 Å². The molecule has 0 radical (unpaired) electrons. The standard InChI is InChI=1S/C22H30N4O3/c1-16(2)14-19(21(28)25-22(15-23)8-3-9-22)24-20(27)17-4-6-18(7-5-17)26-10-12-29-13-11-26/h4-7,16,19H,3,8-14H2,1-2H3,(H,24,27)(H,25,28)/t19-/m0/s1. The summed E-state index contributed by atoms with van der Waals surface area (Å²) in [5, 5.41) is 15.1. The van der Waals surface area contributed by atoms with Gasteiger partial charge in [-0.2, -0.15) is 5.26 Å². The molecule has 1 atom stereocenters. The van der Waals surface area contributed by atoms with E-state index in [1.165, 1.54) is 0 Å². The van der Waals surface area contributed by atoms with Gasteiger partial charge in [0.2, 0.25) is 5.91 Å². The molecule has 2 aliphatic rings. The van der Waals surface area contributed by atoms with Crippen molar-refractivity contribution < 1.29 is 14.3 Å². The highest BCUT2D eigenvalue weighted by Gasteiger charge is 2.40. The van der Waals surface area contributed by atoms with E-state index in [0.29, 0.717) is 38.0 Å². The number of nitrogens with zero attached hydrogens (tertiary/aromatic N) is 2. The zero-order chi connectivity index (χ0) is 20.9. The number of carbonyl (C=O) groups excluding carboxylic acids is 2. The van der Waals surface area contributed by atoms with E-state index in [4.69, 9.17) is 4.74 Å². The molecule has 1 heterocycles. The van der Waals surface area contributed by atoms with E-state index in [1.807, 2.05) is 26.0 Å². The summed E-state index contributed by atoms with van der Waals surface area (Å²) in [6, 6.07) is 8.98. The quantitative estimate of drug-likeness (QED) is 0.734. The van der Waals surface area contributed by atoms with E-state index in [2.05, 4.69) is 21.6 Å². The summed E-state index contributed by atoms with van der Waals surface area (Å²) in [6.45, 7) is 7.10. The molecule has 156 valence electrons. The Morgan fingerprint density at radius 2 is 1.86 bits per heavy atom. The summed E-state index contributed by atoms with van der Waals surface area (Å²) < 4.78 is 5.37. The summed E-state index contributed by atoms with van der Waals surface area (Å²) in [4.78, 5) is 27.8. The number of hydrogen-bond acceptors (Lipinski definition) is 5. The molecule has 1 saturated carbocycles. The van der Waals surface area contributed by atoms with Gasteiger partial charge in [-0.25, -0.2) is 0 Å². The Morgan fingerprint density at radius 3 is 2.38 bits per heavy atom. The third-order valence-corrected chi connectivity index (χ3v) is 5.62. The molecule has 2 fully saturated rings. The molecular formula is C22H30N4O3. The molecule has 7 heteroatoms. The number of hydrogen-bond donors (Lipinski definition) is 2. The second-order valence-electron chi connectivity index (χ2n) is 8.34. The van der Waals surface area contributed by atoms with Gasteiger partial charge in [0, 0.05) is 24.3 Å². The first kappa shape index (κ1) is 21.1. The lowest BCUT2D eigenvalue weighted by atomic mass is 9.78. The highest BCUT2D eigenvalue weighted by atomic mass is 16.5. The van der Waals surface area contributed by atoms with E-state index in [9.17, 15) is 14.9 Å². The predicted octanol–water partition coefficient (Wildman–Crippen LogP) is 2.23. The minimum atomic E-state index is -0.767. The average molecular weight is 399 g/mol. The Morgan fingerprint density at radius 1 is 1.21 bits per heavy atom. The van der Waals surface area contributed by atoms with Gasteiger partial charge in [-0.05, 0) is 55.9 Å². The molecule has 0 bridgehead atoms. The van der Waals surface area contributed by atoms with Crippen LogP contribution in [-0.2, 0) is 9.53 Å². The van der Waals surface area contributed by atoms with E-state index in [0.717, 1.165) is 25.2 Å². The lowest BCUT2D eigenvalue weighted by molar-refractivity contribution is -0.125. The van der Waals surface area contributed by atoms with Gasteiger partial charge >= 0.3 is 0 Å². The van der Waals surface area contributed by atoms with Gasteiger partial charge < -0.3 is 20.3 Å². The zero-order valence-electron chi connectivity index (χ0n) is 17.2. The molecule has 1 saturated heterocycles. The first-order valence-corrected chi connectivity index (χ1v) is 10.4. The molecule has 0 aromatic heterocycles. The van der Waals surface area contributed by atoms with Gasteiger partial charge in [-0.1, -0.05) is 13.8 Å². The minimum Gasteiger partial charge on any atom is -0.378 e. The Hall–Kier alpha value is -2.59. The normalized spacial score (nSPS) is 19.0. The monoisotopic (exact) mass is 398 g/mol. The number of benzene rings is 1. The number of ether oxygens (including phenoxy) is 1. The molecule has 1 aromatic carbocycles. The van der Waals surface area contributed by atoms with Gasteiger partial charge in [-0.15, -0.1) is 0 Å². The van der Waals surface area contributed by atoms with Crippen LogP contribution < -0.4 is 15.5 Å². The van der Waals surface area contributed by atoms with E-state index >= 15 is 0 Å². The van der Waals surface area contributed by atoms with Crippen LogP contribution >= 0.6 is 0 Å². The number of nitrogens with one attached hydrogen (secondary N) is 2. The number of carbonyl (C=O) groups is 2. The maximum Gasteiger partial charge on any atom is 0.251 e. The van der Waals surface area contributed by atoms with Crippen LogP contribution in [0.2, 0.25) is 0 Å². The fraction of sp³-hybridized carbons (Fsp3) is 0.591. The van der Waals surface area contributed by atoms with Gasteiger partial charge in [0.05, 0.1) is 19.3 Å². The van der Waals surface area contributed by atoms with Crippen molar-refractivity contribution in [2.75, 3.05) is 31.2 Å². The van der Waals surface area contributed by atoms with Gasteiger partial charge in [0.25, 0.3) is 5.91 Å². The molecule has 0 spiro atoms. The van der Waals surface area contributed by atoms with E-state index < -0.39 is 11.6 Å². The van der Waals surface area contributed by atoms with Crippen molar-refractivity contribution >= 4 is 17.5 Å². The third kappa shape index (κ3) is 5.27. The Labute approximate surface area is 172 Å². The van der Waals surface area contributed by atoms with Crippen molar-refractivity contribution in [1.29, 1.82) is 5.26 Å². The second kappa shape index (κ2) is 9.27. The molecule has 1 aromatic rings. The van der Waals surface area contributed by atoms with Crippen molar-refractivity contribution in [3.63, 3.8) is 0 Å². The van der Waals surface area contributed by atoms with Gasteiger partial charge in [-0.3, -0.25) is 9.59 Å². The fourth-order valence-corrected chi connectivity index (χ4v) is 3.71. The predicted molar refractivity (Wildman–Crippen MR) is 111 cm³/mol. The SMILES string of the molecule is CC(C)C[C@H](NC(=O)c1ccc(N2CCOCC2)cc1)C(=O)NC1(C#N)CCC1. The lowest BCUT2D eigenvalue weighted by Crippen LogP contribution is -2.58. The summed E-state index contributed by atoms with van der Waals surface area (Å²) in [6.07, 6.45) is 2.79. The first-order chi connectivity index (χ1) is 13.9. The average Bonchev–Trinajstić information content (AvgIpc) is 2.70. The first-order valence-electron chi connectivity index (χ1n) is 10.4. The topological polar surface area (TPSA) is 94.5 Å². The van der Waals surface area contributed by atoms with E-state index in [1.54, 1.807) is 12.1 Å². The number of morpholine rings is 1. The number of nitriles is 1. The second-order valence-corrected chi connectivity index (χ2v) is 8.34. The Bertz CT molecular complexity index is 759. The van der Waals surface area contributed by atoms with Crippen LogP contribution in [0, 0.1) is 17.2 Å². The molecule has 1 aliphatic heterocycles. The molecule has 2 amide bonds. The summed E-state index contributed by atoms with van der Waals surface area (Å²) in [7, 11) is 0. The van der Waals surface area contributed by atoms with Crippen LogP contribution in [0.3, 0.4) is 0 Å². The molecule has 1 aliphatic carbocycles. The van der Waals surface area contributed by atoms with E-state index in [-0.39, 0.29) is 17.7 Å². The lowest BCUT2D eigenvalue weighted by Gasteiger charge is -2.37. The van der Waals surface area contributed by atoms with Gasteiger partial charge in [0.15, 0.2) is 0 Å². The number of amides is 2. The van der Waals surface area contributed by atoms with Crippen LogP contribution in [-0.4, -0.2) is 49.7 Å².